The first-order valence-electron chi connectivity index (χ1n) is 7.74. The summed E-state index contributed by atoms with van der Waals surface area (Å²) in [6.07, 6.45) is 0.969. The number of hydrogen-bond acceptors (Lipinski definition) is 4. The summed E-state index contributed by atoms with van der Waals surface area (Å²) in [6, 6.07) is 4.52. The predicted molar refractivity (Wildman–Crippen MR) is 95.3 cm³/mol. The Labute approximate surface area is 139 Å². The molecule has 2 N–H and O–H groups in total. The standard InChI is InChI=1S/C16H30ClN3S/c1-6-13(18)16(14-7-8-15(17)21-14)20(11-12(2)3)10-9-19(4)5/h7-8,12-13,16H,6,9-11,18H2,1-5H3. The number of nitrogens with zero attached hydrogens (tertiary/aromatic N) is 2. The SMILES string of the molecule is CCC(N)C(c1ccc(Cl)s1)N(CCN(C)C)CC(C)C. The van der Waals surface area contributed by atoms with E-state index in [0.717, 1.165) is 30.4 Å². The third-order valence-corrected chi connectivity index (χ3v) is 4.89. The van der Waals surface area contributed by atoms with E-state index in [0.29, 0.717) is 5.92 Å². The molecule has 0 aliphatic rings. The van der Waals surface area contributed by atoms with Gasteiger partial charge >= 0.3 is 0 Å². The maximum Gasteiger partial charge on any atom is 0.0931 e. The molecule has 1 aromatic heterocycles. The van der Waals surface area contributed by atoms with Gasteiger partial charge in [0, 0.05) is 30.6 Å². The fraction of sp³-hybridized carbons (Fsp3) is 0.750. The first-order valence-corrected chi connectivity index (χ1v) is 8.94. The van der Waals surface area contributed by atoms with Crippen LogP contribution < -0.4 is 5.73 Å². The van der Waals surface area contributed by atoms with Crippen molar-refractivity contribution in [2.24, 2.45) is 11.7 Å². The lowest BCUT2D eigenvalue weighted by molar-refractivity contribution is 0.141. The van der Waals surface area contributed by atoms with Crippen LogP contribution in [0.4, 0.5) is 0 Å². The lowest BCUT2D eigenvalue weighted by Crippen LogP contribution is -2.44. The Balaban J connectivity index is 2.98. The summed E-state index contributed by atoms with van der Waals surface area (Å²) in [5.74, 6) is 0.620. The molecule has 122 valence electrons. The van der Waals surface area contributed by atoms with Crippen molar-refractivity contribution in [3.8, 4) is 0 Å². The number of halogens is 1. The van der Waals surface area contributed by atoms with Crippen LogP contribution in [-0.2, 0) is 0 Å². The van der Waals surface area contributed by atoms with Gasteiger partial charge in [0.25, 0.3) is 0 Å². The molecule has 21 heavy (non-hydrogen) atoms. The minimum atomic E-state index is 0.139. The average Bonchev–Trinajstić information content (AvgIpc) is 2.81. The van der Waals surface area contributed by atoms with Gasteiger partial charge in [-0.05, 0) is 38.6 Å². The molecule has 0 aliphatic carbocycles. The molecular formula is C16H30ClN3S. The van der Waals surface area contributed by atoms with Crippen LogP contribution in [0, 0.1) is 5.92 Å². The summed E-state index contributed by atoms with van der Waals surface area (Å²) >= 11 is 7.80. The summed E-state index contributed by atoms with van der Waals surface area (Å²) in [4.78, 5) is 6.04. The first-order chi connectivity index (χ1) is 9.85. The van der Waals surface area contributed by atoms with E-state index in [-0.39, 0.29) is 12.1 Å². The smallest absolute Gasteiger partial charge is 0.0931 e. The fourth-order valence-electron chi connectivity index (χ4n) is 2.51. The summed E-state index contributed by atoms with van der Waals surface area (Å²) in [5.41, 5.74) is 6.45. The molecule has 0 bridgehead atoms. The van der Waals surface area contributed by atoms with Gasteiger partial charge in [-0.1, -0.05) is 32.4 Å². The Morgan fingerprint density at radius 1 is 1.24 bits per heavy atom. The second-order valence-electron chi connectivity index (χ2n) is 6.35. The highest BCUT2D eigenvalue weighted by Gasteiger charge is 2.27. The largest absolute Gasteiger partial charge is 0.326 e. The molecule has 1 rings (SSSR count). The topological polar surface area (TPSA) is 32.5 Å². The van der Waals surface area contributed by atoms with Gasteiger partial charge < -0.3 is 10.6 Å². The van der Waals surface area contributed by atoms with Gasteiger partial charge in [0.05, 0.1) is 10.4 Å². The zero-order valence-electron chi connectivity index (χ0n) is 14.0. The number of thiophene rings is 1. The third kappa shape index (κ3) is 6.25. The van der Waals surface area contributed by atoms with E-state index in [2.05, 4.69) is 50.7 Å². The molecule has 0 saturated carbocycles. The van der Waals surface area contributed by atoms with Crippen molar-refractivity contribution in [3.05, 3.63) is 21.3 Å². The van der Waals surface area contributed by atoms with Crippen molar-refractivity contribution in [2.75, 3.05) is 33.7 Å². The van der Waals surface area contributed by atoms with E-state index in [1.165, 1.54) is 4.88 Å². The highest BCUT2D eigenvalue weighted by Crippen LogP contribution is 2.33. The van der Waals surface area contributed by atoms with E-state index < -0.39 is 0 Å². The van der Waals surface area contributed by atoms with E-state index in [9.17, 15) is 0 Å². The van der Waals surface area contributed by atoms with Gasteiger partial charge in [0.2, 0.25) is 0 Å². The molecule has 0 amide bonds. The summed E-state index contributed by atoms with van der Waals surface area (Å²) in [7, 11) is 4.23. The van der Waals surface area contributed by atoms with Gasteiger partial charge in [-0.2, -0.15) is 0 Å². The van der Waals surface area contributed by atoms with Crippen molar-refractivity contribution < 1.29 is 0 Å². The van der Waals surface area contributed by atoms with Crippen LogP contribution in [0.25, 0.3) is 0 Å². The molecule has 5 heteroatoms. The molecule has 0 saturated heterocycles. The number of nitrogens with two attached hydrogens (primary N) is 1. The third-order valence-electron chi connectivity index (χ3n) is 3.59. The predicted octanol–water partition coefficient (Wildman–Crippen LogP) is 3.70. The minimum Gasteiger partial charge on any atom is -0.326 e. The highest BCUT2D eigenvalue weighted by molar-refractivity contribution is 7.16. The number of likely N-dealkylation sites (N-methyl/N-ethyl adjacent to an activating group) is 1. The van der Waals surface area contributed by atoms with Crippen molar-refractivity contribution in [1.82, 2.24) is 9.80 Å². The zero-order valence-corrected chi connectivity index (χ0v) is 15.5. The fourth-order valence-corrected chi connectivity index (χ4v) is 3.79. The van der Waals surface area contributed by atoms with Gasteiger partial charge in [-0.3, -0.25) is 4.90 Å². The molecular weight excluding hydrogens is 302 g/mol. The molecule has 0 aromatic carbocycles. The molecule has 3 nitrogen and oxygen atoms in total. The van der Waals surface area contributed by atoms with E-state index >= 15 is 0 Å². The minimum absolute atomic E-state index is 0.139. The normalized spacial score (nSPS) is 15.1. The van der Waals surface area contributed by atoms with Gasteiger partial charge in [-0.15, -0.1) is 11.3 Å². The van der Waals surface area contributed by atoms with Crippen LogP contribution in [0.5, 0.6) is 0 Å². The lowest BCUT2D eigenvalue weighted by atomic mass is 10.0. The van der Waals surface area contributed by atoms with Crippen LogP contribution in [-0.4, -0.2) is 49.6 Å². The van der Waals surface area contributed by atoms with Crippen molar-refractivity contribution in [3.63, 3.8) is 0 Å². The number of hydrogen-bond donors (Lipinski definition) is 1. The van der Waals surface area contributed by atoms with Gasteiger partial charge in [0.15, 0.2) is 0 Å². The molecule has 2 unspecified atom stereocenters. The van der Waals surface area contributed by atoms with Crippen LogP contribution >= 0.6 is 22.9 Å². The Morgan fingerprint density at radius 2 is 1.90 bits per heavy atom. The molecule has 0 radical (unpaired) electrons. The quantitative estimate of drug-likeness (QED) is 0.749. The molecule has 1 heterocycles. The second kappa shape index (κ2) is 9.11. The summed E-state index contributed by atoms with van der Waals surface area (Å²) in [5, 5.41) is 0. The number of rotatable bonds is 9. The lowest BCUT2D eigenvalue weighted by Gasteiger charge is -2.36. The van der Waals surface area contributed by atoms with Crippen LogP contribution in [0.15, 0.2) is 12.1 Å². The molecule has 0 aliphatic heterocycles. The van der Waals surface area contributed by atoms with Crippen LogP contribution in [0.2, 0.25) is 4.34 Å². The van der Waals surface area contributed by atoms with Gasteiger partial charge in [-0.25, -0.2) is 0 Å². The van der Waals surface area contributed by atoms with Gasteiger partial charge in [0.1, 0.15) is 0 Å². The zero-order chi connectivity index (χ0) is 16.0. The summed E-state index contributed by atoms with van der Waals surface area (Å²) in [6.45, 7) is 9.81. The molecule has 0 spiro atoms. The Bertz CT molecular complexity index is 406. The van der Waals surface area contributed by atoms with E-state index in [4.69, 9.17) is 17.3 Å². The first kappa shape index (κ1) is 18.9. The van der Waals surface area contributed by atoms with Crippen LogP contribution in [0.3, 0.4) is 0 Å². The van der Waals surface area contributed by atoms with Crippen molar-refractivity contribution in [1.29, 1.82) is 0 Å². The monoisotopic (exact) mass is 331 g/mol. The maximum atomic E-state index is 6.45. The van der Waals surface area contributed by atoms with Crippen LogP contribution in [0.1, 0.15) is 38.1 Å². The van der Waals surface area contributed by atoms with Crippen molar-refractivity contribution in [2.45, 2.75) is 39.3 Å². The Morgan fingerprint density at radius 3 is 2.33 bits per heavy atom. The Hall–Kier alpha value is -0.130. The van der Waals surface area contributed by atoms with Crippen molar-refractivity contribution >= 4 is 22.9 Å². The molecule has 2 atom stereocenters. The Kier molecular flexibility index (Phi) is 8.21. The average molecular weight is 332 g/mol. The highest BCUT2D eigenvalue weighted by atomic mass is 35.5. The van der Waals surface area contributed by atoms with E-state index in [1.54, 1.807) is 11.3 Å². The maximum absolute atomic E-state index is 6.45. The molecule has 0 fully saturated rings. The van der Waals surface area contributed by atoms with E-state index in [1.807, 2.05) is 6.07 Å². The second-order valence-corrected chi connectivity index (χ2v) is 8.10. The summed E-state index contributed by atoms with van der Waals surface area (Å²) < 4.78 is 0.843. The molecule has 1 aromatic rings.